The summed E-state index contributed by atoms with van der Waals surface area (Å²) in [7, 11) is -1.02. The minimum Gasteiger partial charge on any atom is -0.242 e. The average Bonchev–Trinajstić information content (AvgIpc) is 2.17. The smallest absolute Gasteiger partial charge is 0.0975 e. The van der Waals surface area contributed by atoms with Gasteiger partial charge in [-0.25, -0.2) is 8.93 Å². The van der Waals surface area contributed by atoms with Gasteiger partial charge in [-0.15, -0.1) is 0 Å². The first-order valence-electron chi connectivity index (χ1n) is 5.55. The summed E-state index contributed by atoms with van der Waals surface area (Å²) < 4.78 is 14.8. The minimum absolute atomic E-state index is 0.112. The summed E-state index contributed by atoms with van der Waals surface area (Å²) in [4.78, 5) is 0. The van der Waals surface area contributed by atoms with E-state index in [4.69, 9.17) is 0 Å². The molecule has 16 heavy (non-hydrogen) atoms. The lowest BCUT2D eigenvalue weighted by Gasteiger charge is -2.22. The molecular weight excluding hydrogens is 218 g/mol. The van der Waals surface area contributed by atoms with Gasteiger partial charge in [0, 0.05) is 6.04 Å². The lowest BCUT2D eigenvalue weighted by molar-refractivity contribution is 0.616. The molecule has 90 valence electrons. The monoisotopic (exact) mass is 239 g/mol. The second-order valence-electron chi connectivity index (χ2n) is 5.13. The Morgan fingerprint density at radius 2 is 1.69 bits per heavy atom. The van der Waals surface area contributed by atoms with Crippen LogP contribution in [-0.2, 0) is 11.0 Å². The van der Waals surface area contributed by atoms with E-state index in [2.05, 4.69) is 35.9 Å². The average molecular weight is 239 g/mol. The molecule has 2 atom stereocenters. The Morgan fingerprint density at radius 1 is 1.19 bits per heavy atom. The Balaban J connectivity index is 2.69. The number of hydrogen-bond acceptors (Lipinski definition) is 1. The molecule has 0 amide bonds. The van der Waals surface area contributed by atoms with Crippen molar-refractivity contribution in [3.63, 3.8) is 0 Å². The van der Waals surface area contributed by atoms with E-state index in [-0.39, 0.29) is 10.8 Å². The largest absolute Gasteiger partial charge is 0.242 e. The van der Waals surface area contributed by atoms with E-state index in [0.29, 0.717) is 0 Å². The fourth-order valence-corrected chi connectivity index (χ4v) is 2.07. The summed E-state index contributed by atoms with van der Waals surface area (Å²) in [6.45, 7) is 10.0. The molecule has 0 bridgehead atoms. The standard InChI is InChI=1S/C13H21NOS/c1-10-6-8-12(9-7-10)11(2)14-16(15)13(3,4)5/h6-9,11,14H,1-5H3/t11-,16?/m1/s1. The second-order valence-corrected chi connectivity index (χ2v) is 7.13. The van der Waals surface area contributed by atoms with Crippen LogP contribution in [0, 0.1) is 6.92 Å². The van der Waals surface area contributed by atoms with E-state index in [1.807, 2.05) is 27.7 Å². The number of aryl methyl sites for hydroxylation is 1. The highest BCUT2D eigenvalue weighted by atomic mass is 32.2. The minimum atomic E-state index is -1.02. The normalized spacial score (nSPS) is 15.8. The van der Waals surface area contributed by atoms with Crippen molar-refractivity contribution in [3.8, 4) is 0 Å². The Morgan fingerprint density at radius 3 is 2.12 bits per heavy atom. The predicted molar refractivity (Wildman–Crippen MR) is 70.6 cm³/mol. The lowest BCUT2D eigenvalue weighted by atomic mass is 10.1. The Labute approximate surface area is 101 Å². The summed E-state index contributed by atoms with van der Waals surface area (Å²) in [5, 5.41) is 0. The highest BCUT2D eigenvalue weighted by molar-refractivity contribution is 7.84. The Hall–Kier alpha value is -0.670. The van der Waals surface area contributed by atoms with E-state index in [1.165, 1.54) is 11.1 Å². The maximum absolute atomic E-state index is 11.9. The fourth-order valence-electron chi connectivity index (χ4n) is 1.26. The van der Waals surface area contributed by atoms with Crippen LogP contribution < -0.4 is 4.72 Å². The van der Waals surface area contributed by atoms with Gasteiger partial charge in [0.05, 0.1) is 15.7 Å². The maximum atomic E-state index is 11.9. The molecule has 2 nitrogen and oxygen atoms in total. The van der Waals surface area contributed by atoms with Crippen LogP contribution in [0.1, 0.15) is 44.9 Å². The van der Waals surface area contributed by atoms with E-state index in [9.17, 15) is 4.21 Å². The Kier molecular flexibility index (Phi) is 4.28. The molecule has 1 aromatic carbocycles. The number of nitrogens with one attached hydrogen (secondary N) is 1. The van der Waals surface area contributed by atoms with Gasteiger partial charge < -0.3 is 0 Å². The zero-order valence-electron chi connectivity index (χ0n) is 10.7. The van der Waals surface area contributed by atoms with Gasteiger partial charge in [0.15, 0.2) is 0 Å². The first-order chi connectivity index (χ1) is 7.30. The molecule has 0 aliphatic heterocycles. The van der Waals surface area contributed by atoms with Crippen LogP contribution in [0.3, 0.4) is 0 Å². The second kappa shape index (κ2) is 5.11. The van der Waals surface area contributed by atoms with Crippen LogP contribution in [0.25, 0.3) is 0 Å². The molecule has 0 aliphatic rings. The SMILES string of the molecule is Cc1ccc([C@@H](C)NS(=O)C(C)(C)C)cc1. The van der Waals surface area contributed by atoms with Crippen molar-refractivity contribution in [2.45, 2.75) is 45.4 Å². The highest BCUT2D eigenvalue weighted by Crippen LogP contribution is 2.17. The molecule has 1 N–H and O–H groups in total. The molecule has 0 fully saturated rings. The van der Waals surface area contributed by atoms with Crippen molar-refractivity contribution < 1.29 is 4.21 Å². The molecule has 0 heterocycles. The quantitative estimate of drug-likeness (QED) is 0.862. The number of benzene rings is 1. The van der Waals surface area contributed by atoms with Crippen molar-refractivity contribution >= 4 is 11.0 Å². The third-order valence-electron chi connectivity index (χ3n) is 2.42. The summed E-state index contributed by atoms with van der Waals surface area (Å²) in [5.41, 5.74) is 2.41. The summed E-state index contributed by atoms with van der Waals surface area (Å²) >= 11 is 0. The van der Waals surface area contributed by atoms with Gasteiger partial charge in [0.1, 0.15) is 0 Å². The molecule has 0 spiro atoms. The van der Waals surface area contributed by atoms with Crippen LogP contribution in [0.2, 0.25) is 0 Å². The highest BCUT2D eigenvalue weighted by Gasteiger charge is 2.21. The van der Waals surface area contributed by atoms with Gasteiger partial charge in [-0.1, -0.05) is 29.8 Å². The summed E-state index contributed by atoms with van der Waals surface area (Å²) in [5.74, 6) is 0. The van der Waals surface area contributed by atoms with Gasteiger partial charge in [-0.3, -0.25) is 0 Å². The van der Waals surface area contributed by atoms with Gasteiger partial charge >= 0.3 is 0 Å². The lowest BCUT2D eigenvalue weighted by Crippen LogP contribution is -2.34. The molecule has 1 aromatic rings. The molecule has 0 aliphatic carbocycles. The predicted octanol–water partition coefficient (Wildman–Crippen LogP) is 3.11. The molecule has 0 radical (unpaired) electrons. The van der Waals surface area contributed by atoms with Crippen LogP contribution in [-0.4, -0.2) is 8.96 Å². The van der Waals surface area contributed by atoms with Gasteiger partial charge in [-0.2, -0.15) is 0 Å². The van der Waals surface area contributed by atoms with Crippen LogP contribution in [0.5, 0.6) is 0 Å². The third-order valence-corrected chi connectivity index (χ3v) is 4.10. The van der Waals surface area contributed by atoms with E-state index in [0.717, 1.165) is 0 Å². The first kappa shape index (κ1) is 13.4. The number of hydrogen-bond donors (Lipinski definition) is 1. The van der Waals surface area contributed by atoms with E-state index in [1.54, 1.807) is 0 Å². The molecule has 0 saturated carbocycles. The zero-order chi connectivity index (χ0) is 12.3. The molecule has 3 heteroatoms. The first-order valence-corrected chi connectivity index (χ1v) is 6.70. The van der Waals surface area contributed by atoms with Crippen LogP contribution >= 0.6 is 0 Å². The Bertz CT molecular complexity index is 365. The van der Waals surface area contributed by atoms with Gasteiger partial charge in [0.2, 0.25) is 0 Å². The molecule has 1 unspecified atom stereocenters. The zero-order valence-corrected chi connectivity index (χ0v) is 11.5. The number of rotatable bonds is 3. The van der Waals surface area contributed by atoms with Gasteiger partial charge in [0.25, 0.3) is 0 Å². The molecular formula is C13H21NOS. The molecule has 0 aromatic heterocycles. The van der Waals surface area contributed by atoms with Crippen molar-refractivity contribution in [2.75, 3.05) is 0 Å². The summed E-state index contributed by atoms with van der Waals surface area (Å²) in [6, 6.07) is 8.42. The van der Waals surface area contributed by atoms with Crippen LogP contribution in [0.4, 0.5) is 0 Å². The van der Waals surface area contributed by atoms with E-state index >= 15 is 0 Å². The van der Waals surface area contributed by atoms with Crippen molar-refractivity contribution in [1.82, 2.24) is 4.72 Å². The van der Waals surface area contributed by atoms with Crippen molar-refractivity contribution in [1.29, 1.82) is 0 Å². The summed E-state index contributed by atoms with van der Waals surface area (Å²) in [6.07, 6.45) is 0. The van der Waals surface area contributed by atoms with Gasteiger partial charge in [-0.05, 0) is 40.2 Å². The topological polar surface area (TPSA) is 29.1 Å². The molecule has 1 rings (SSSR count). The maximum Gasteiger partial charge on any atom is 0.0975 e. The fraction of sp³-hybridized carbons (Fsp3) is 0.538. The van der Waals surface area contributed by atoms with Crippen molar-refractivity contribution in [3.05, 3.63) is 35.4 Å². The third kappa shape index (κ3) is 3.72. The van der Waals surface area contributed by atoms with Crippen molar-refractivity contribution in [2.24, 2.45) is 0 Å². The molecule has 0 saturated heterocycles. The van der Waals surface area contributed by atoms with Crippen LogP contribution in [0.15, 0.2) is 24.3 Å². The van der Waals surface area contributed by atoms with E-state index < -0.39 is 11.0 Å².